The molecule has 0 spiro atoms. The van der Waals surface area contributed by atoms with Gasteiger partial charge in [0.25, 0.3) is 0 Å². The van der Waals surface area contributed by atoms with Gasteiger partial charge in [-0.05, 0) is 41.0 Å². The van der Waals surface area contributed by atoms with Crippen LogP contribution in [0.1, 0.15) is 17.9 Å². The zero-order chi connectivity index (χ0) is 10.1. The molecule has 2 N–H and O–H groups in total. The summed E-state index contributed by atoms with van der Waals surface area (Å²) in [5, 5.41) is 12.8. The van der Waals surface area contributed by atoms with Gasteiger partial charge in [0, 0.05) is 18.0 Å². The number of nitrogens with one attached hydrogen (secondary N) is 1. The summed E-state index contributed by atoms with van der Waals surface area (Å²) < 4.78 is 13.5. The lowest BCUT2D eigenvalue weighted by Gasteiger charge is -2.11. The molecule has 1 saturated heterocycles. The first-order chi connectivity index (χ1) is 6.68. The van der Waals surface area contributed by atoms with Gasteiger partial charge < -0.3 is 10.4 Å². The highest BCUT2D eigenvalue weighted by Crippen LogP contribution is 2.33. The quantitative estimate of drug-likeness (QED) is 0.812. The lowest BCUT2D eigenvalue weighted by Crippen LogP contribution is -2.08. The van der Waals surface area contributed by atoms with E-state index in [0.29, 0.717) is 10.0 Å². The summed E-state index contributed by atoms with van der Waals surface area (Å²) in [6, 6.07) is 2.83. The first kappa shape index (κ1) is 9.93. The van der Waals surface area contributed by atoms with Crippen LogP contribution in [0.3, 0.4) is 0 Å². The number of benzene rings is 1. The Balaban J connectivity index is 2.37. The third-order valence-corrected chi connectivity index (χ3v) is 3.18. The number of hydrogen-bond donors (Lipinski definition) is 2. The monoisotopic (exact) mass is 259 g/mol. The molecular formula is C10H11BrFNO. The van der Waals surface area contributed by atoms with Crippen molar-refractivity contribution in [1.82, 2.24) is 5.32 Å². The van der Waals surface area contributed by atoms with E-state index in [0.717, 1.165) is 19.5 Å². The summed E-state index contributed by atoms with van der Waals surface area (Å²) in [6.07, 6.45) is 0.953. The second-order valence-corrected chi connectivity index (χ2v) is 4.37. The van der Waals surface area contributed by atoms with Crippen LogP contribution < -0.4 is 5.32 Å². The number of hydrogen-bond acceptors (Lipinski definition) is 2. The van der Waals surface area contributed by atoms with Gasteiger partial charge in [0.15, 0.2) is 0 Å². The average Bonchev–Trinajstić information content (AvgIpc) is 2.64. The molecule has 0 aromatic heterocycles. The molecule has 1 aliphatic heterocycles. The van der Waals surface area contributed by atoms with Crippen molar-refractivity contribution in [2.24, 2.45) is 0 Å². The van der Waals surface area contributed by atoms with Crippen LogP contribution in [0.15, 0.2) is 16.6 Å². The number of phenolic OH excluding ortho intramolecular Hbond substituents is 1. The summed E-state index contributed by atoms with van der Waals surface area (Å²) in [5.41, 5.74) is 0.704. The van der Waals surface area contributed by atoms with Crippen molar-refractivity contribution < 1.29 is 9.50 Å². The Morgan fingerprint density at radius 1 is 1.50 bits per heavy atom. The molecule has 14 heavy (non-hydrogen) atoms. The van der Waals surface area contributed by atoms with Gasteiger partial charge in [0.05, 0.1) is 4.47 Å². The molecule has 0 radical (unpaired) electrons. The second-order valence-electron chi connectivity index (χ2n) is 3.51. The van der Waals surface area contributed by atoms with E-state index in [9.17, 15) is 9.50 Å². The van der Waals surface area contributed by atoms with Crippen LogP contribution in [0.4, 0.5) is 4.39 Å². The van der Waals surface area contributed by atoms with E-state index >= 15 is 0 Å². The molecule has 2 nitrogen and oxygen atoms in total. The van der Waals surface area contributed by atoms with Crippen molar-refractivity contribution in [3.63, 3.8) is 0 Å². The van der Waals surface area contributed by atoms with Gasteiger partial charge in [-0.3, -0.25) is 0 Å². The van der Waals surface area contributed by atoms with Gasteiger partial charge >= 0.3 is 0 Å². The standard InChI is InChI=1S/C10H11BrFNO/c11-8-4-10(14)7(3-9(8)12)6-1-2-13-5-6/h3-4,6,13-14H,1-2,5H2. The van der Waals surface area contributed by atoms with Crippen LogP contribution in [-0.2, 0) is 0 Å². The Kier molecular flexibility index (Phi) is 2.74. The number of rotatable bonds is 1. The zero-order valence-electron chi connectivity index (χ0n) is 7.56. The predicted octanol–water partition coefficient (Wildman–Crippen LogP) is 2.37. The molecule has 4 heteroatoms. The van der Waals surface area contributed by atoms with Gasteiger partial charge in [-0.25, -0.2) is 4.39 Å². The van der Waals surface area contributed by atoms with Crippen LogP contribution in [0.25, 0.3) is 0 Å². The van der Waals surface area contributed by atoms with Crippen molar-refractivity contribution in [1.29, 1.82) is 0 Å². The molecule has 1 aliphatic rings. The smallest absolute Gasteiger partial charge is 0.137 e. The topological polar surface area (TPSA) is 32.3 Å². The van der Waals surface area contributed by atoms with E-state index < -0.39 is 0 Å². The second kappa shape index (κ2) is 3.87. The molecule has 0 aliphatic carbocycles. The maximum atomic E-state index is 13.2. The van der Waals surface area contributed by atoms with Crippen molar-refractivity contribution >= 4 is 15.9 Å². The van der Waals surface area contributed by atoms with Gasteiger partial charge in [0.2, 0.25) is 0 Å². The first-order valence-corrected chi connectivity index (χ1v) is 5.36. The maximum absolute atomic E-state index is 13.2. The SMILES string of the molecule is Oc1cc(Br)c(F)cc1C1CCNC1. The van der Waals surface area contributed by atoms with Crippen molar-refractivity contribution in [3.8, 4) is 5.75 Å². The molecule has 2 rings (SSSR count). The van der Waals surface area contributed by atoms with Crippen LogP contribution in [0.5, 0.6) is 5.75 Å². The average molecular weight is 260 g/mol. The van der Waals surface area contributed by atoms with E-state index in [1.165, 1.54) is 12.1 Å². The minimum absolute atomic E-state index is 0.173. The van der Waals surface area contributed by atoms with E-state index in [4.69, 9.17) is 0 Å². The molecule has 1 heterocycles. The third kappa shape index (κ3) is 1.77. The number of aromatic hydroxyl groups is 1. The molecule has 76 valence electrons. The first-order valence-electron chi connectivity index (χ1n) is 4.57. The number of phenols is 1. The Morgan fingerprint density at radius 3 is 2.93 bits per heavy atom. The van der Waals surface area contributed by atoms with Crippen molar-refractivity contribution in [2.45, 2.75) is 12.3 Å². The Morgan fingerprint density at radius 2 is 2.29 bits per heavy atom. The molecule has 0 amide bonds. The molecule has 1 unspecified atom stereocenters. The lowest BCUT2D eigenvalue weighted by atomic mass is 9.97. The van der Waals surface area contributed by atoms with E-state index in [2.05, 4.69) is 21.2 Å². The van der Waals surface area contributed by atoms with Gasteiger partial charge in [-0.1, -0.05) is 0 Å². The summed E-state index contributed by atoms with van der Waals surface area (Å²) in [5.74, 6) is 0.0919. The maximum Gasteiger partial charge on any atom is 0.137 e. The molecule has 1 aromatic carbocycles. The molecule has 0 bridgehead atoms. The summed E-state index contributed by atoms with van der Waals surface area (Å²) >= 11 is 3.04. The fourth-order valence-electron chi connectivity index (χ4n) is 1.80. The highest BCUT2D eigenvalue weighted by molar-refractivity contribution is 9.10. The van der Waals surface area contributed by atoms with E-state index in [1.54, 1.807) is 0 Å². The molecule has 1 atom stereocenters. The van der Waals surface area contributed by atoms with E-state index in [-0.39, 0.29) is 17.5 Å². The molecule has 1 aromatic rings. The summed E-state index contributed by atoms with van der Waals surface area (Å²) in [6.45, 7) is 1.75. The van der Waals surface area contributed by atoms with Crippen molar-refractivity contribution in [3.05, 3.63) is 28.0 Å². The molecule has 1 fully saturated rings. The van der Waals surface area contributed by atoms with Crippen molar-refractivity contribution in [2.75, 3.05) is 13.1 Å². The normalized spacial score (nSPS) is 21.4. The van der Waals surface area contributed by atoms with Crippen LogP contribution >= 0.6 is 15.9 Å². The summed E-state index contributed by atoms with van der Waals surface area (Å²) in [7, 11) is 0. The zero-order valence-corrected chi connectivity index (χ0v) is 9.14. The highest BCUT2D eigenvalue weighted by atomic mass is 79.9. The largest absolute Gasteiger partial charge is 0.508 e. The lowest BCUT2D eigenvalue weighted by molar-refractivity contribution is 0.459. The third-order valence-electron chi connectivity index (χ3n) is 2.57. The molecular weight excluding hydrogens is 249 g/mol. The fourth-order valence-corrected chi connectivity index (χ4v) is 2.13. The Hall–Kier alpha value is -0.610. The molecule has 0 saturated carbocycles. The highest BCUT2D eigenvalue weighted by Gasteiger charge is 2.20. The van der Waals surface area contributed by atoms with Gasteiger partial charge in [0.1, 0.15) is 11.6 Å². The Labute approximate surface area is 90.3 Å². The van der Waals surface area contributed by atoms with Crippen LogP contribution in [-0.4, -0.2) is 18.2 Å². The van der Waals surface area contributed by atoms with Crippen LogP contribution in [0, 0.1) is 5.82 Å². The fraction of sp³-hybridized carbons (Fsp3) is 0.400. The predicted molar refractivity (Wildman–Crippen MR) is 56.0 cm³/mol. The van der Waals surface area contributed by atoms with Gasteiger partial charge in [-0.2, -0.15) is 0 Å². The summed E-state index contributed by atoms with van der Waals surface area (Å²) in [4.78, 5) is 0. The number of halogens is 2. The minimum Gasteiger partial charge on any atom is -0.508 e. The van der Waals surface area contributed by atoms with Crippen LogP contribution in [0.2, 0.25) is 0 Å². The minimum atomic E-state index is -0.315. The Bertz CT molecular complexity index is 350. The van der Waals surface area contributed by atoms with E-state index in [1.807, 2.05) is 0 Å². The van der Waals surface area contributed by atoms with Gasteiger partial charge in [-0.15, -0.1) is 0 Å².